The summed E-state index contributed by atoms with van der Waals surface area (Å²) in [7, 11) is 0. The van der Waals surface area contributed by atoms with E-state index >= 15 is 0 Å². The Hall–Kier alpha value is -2.56. The van der Waals surface area contributed by atoms with Gasteiger partial charge in [-0.15, -0.1) is 0 Å². The van der Waals surface area contributed by atoms with Crippen molar-refractivity contribution in [2.45, 2.75) is 31.2 Å². The summed E-state index contributed by atoms with van der Waals surface area (Å²) in [6.45, 7) is 5.29. The third-order valence-corrected chi connectivity index (χ3v) is 6.34. The first-order valence-electron chi connectivity index (χ1n) is 10.0. The van der Waals surface area contributed by atoms with E-state index in [-0.39, 0.29) is 11.4 Å². The molecule has 2 saturated heterocycles. The number of likely N-dealkylation sites (tertiary alicyclic amines) is 2. The van der Waals surface area contributed by atoms with Gasteiger partial charge in [0.05, 0.1) is 16.8 Å². The smallest absolute Gasteiger partial charge is 0.320 e. The lowest BCUT2D eigenvalue weighted by molar-refractivity contribution is 0.170. The minimum atomic E-state index is -0.0270. The molecule has 4 heterocycles. The minimum Gasteiger partial charge on any atom is -0.365 e. The number of anilines is 1. The zero-order valence-corrected chi connectivity index (χ0v) is 15.7. The zero-order chi connectivity index (χ0) is 18.3. The molecule has 2 aromatic rings. The maximum atomic E-state index is 12.9. The average Bonchev–Trinajstić information content (AvgIpc) is 3.44. The lowest BCUT2D eigenvalue weighted by Gasteiger charge is -2.28. The van der Waals surface area contributed by atoms with Gasteiger partial charge in [0, 0.05) is 45.5 Å². The van der Waals surface area contributed by atoms with Gasteiger partial charge in [0.1, 0.15) is 0 Å². The number of amides is 2. The Balaban J connectivity index is 1.39. The molecule has 3 aliphatic heterocycles. The van der Waals surface area contributed by atoms with Gasteiger partial charge in [-0.2, -0.15) is 0 Å². The van der Waals surface area contributed by atoms with Gasteiger partial charge in [-0.05, 0) is 37.0 Å². The van der Waals surface area contributed by atoms with Gasteiger partial charge in [0.2, 0.25) is 0 Å². The number of nitrogens with zero attached hydrogens (tertiary/aromatic N) is 4. The highest BCUT2D eigenvalue weighted by atomic mass is 16.2. The van der Waals surface area contributed by atoms with E-state index in [1.807, 2.05) is 17.2 Å². The van der Waals surface area contributed by atoms with Gasteiger partial charge in [-0.1, -0.05) is 30.3 Å². The first kappa shape index (κ1) is 16.6. The van der Waals surface area contributed by atoms with Gasteiger partial charge in [-0.3, -0.25) is 4.98 Å². The van der Waals surface area contributed by atoms with E-state index in [1.54, 1.807) is 0 Å². The molecule has 0 N–H and O–H groups in total. The largest absolute Gasteiger partial charge is 0.365 e. The number of hydrogen-bond acceptors (Lipinski definition) is 3. The molecule has 0 radical (unpaired) electrons. The molecule has 0 bridgehead atoms. The molecule has 1 atom stereocenters. The first-order valence-corrected chi connectivity index (χ1v) is 10.0. The highest BCUT2D eigenvalue weighted by molar-refractivity contribution is 5.76. The van der Waals surface area contributed by atoms with E-state index < -0.39 is 0 Å². The van der Waals surface area contributed by atoms with Crippen LogP contribution in [-0.4, -0.2) is 53.5 Å². The summed E-state index contributed by atoms with van der Waals surface area (Å²) < 4.78 is 0. The van der Waals surface area contributed by atoms with Crippen LogP contribution in [0.25, 0.3) is 0 Å². The molecule has 27 heavy (non-hydrogen) atoms. The van der Waals surface area contributed by atoms with Crippen molar-refractivity contribution in [3.8, 4) is 0 Å². The second-order valence-corrected chi connectivity index (χ2v) is 8.14. The van der Waals surface area contributed by atoms with Crippen LogP contribution in [0.2, 0.25) is 0 Å². The van der Waals surface area contributed by atoms with Crippen LogP contribution in [0.4, 0.5) is 10.5 Å². The Labute approximate surface area is 160 Å². The Kier molecular flexibility index (Phi) is 4.03. The van der Waals surface area contributed by atoms with Gasteiger partial charge in [0.15, 0.2) is 0 Å². The molecular formula is C22H26N4O. The number of hydrogen-bond donors (Lipinski definition) is 0. The summed E-state index contributed by atoms with van der Waals surface area (Å²) >= 11 is 0. The number of urea groups is 1. The monoisotopic (exact) mass is 362 g/mol. The van der Waals surface area contributed by atoms with Crippen molar-refractivity contribution in [2.24, 2.45) is 0 Å². The summed E-state index contributed by atoms with van der Waals surface area (Å²) in [4.78, 5) is 24.2. The van der Waals surface area contributed by atoms with E-state index in [9.17, 15) is 4.79 Å². The van der Waals surface area contributed by atoms with Crippen LogP contribution in [0.3, 0.4) is 0 Å². The Morgan fingerprint density at radius 2 is 1.78 bits per heavy atom. The highest BCUT2D eigenvalue weighted by Gasteiger charge is 2.50. The van der Waals surface area contributed by atoms with E-state index in [0.717, 1.165) is 58.5 Å². The summed E-state index contributed by atoms with van der Waals surface area (Å²) in [5.74, 6) is 0. The van der Waals surface area contributed by atoms with Crippen molar-refractivity contribution < 1.29 is 4.79 Å². The number of carbonyl (C=O) groups is 1. The third-order valence-electron chi connectivity index (χ3n) is 6.34. The van der Waals surface area contributed by atoms with Crippen molar-refractivity contribution in [1.29, 1.82) is 0 Å². The Morgan fingerprint density at radius 3 is 2.59 bits per heavy atom. The van der Waals surface area contributed by atoms with Gasteiger partial charge < -0.3 is 14.7 Å². The summed E-state index contributed by atoms with van der Waals surface area (Å²) in [5.41, 5.74) is 3.70. The summed E-state index contributed by atoms with van der Waals surface area (Å²) in [5, 5.41) is 0. The quantitative estimate of drug-likeness (QED) is 0.823. The third kappa shape index (κ3) is 2.85. The molecule has 1 aromatic heterocycles. The Bertz CT molecular complexity index is 833. The van der Waals surface area contributed by atoms with E-state index in [0.29, 0.717) is 0 Å². The molecule has 3 aliphatic rings. The van der Waals surface area contributed by atoms with Crippen LogP contribution in [0.1, 0.15) is 30.5 Å². The number of benzene rings is 1. The minimum absolute atomic E-state index is 0.0270. The molecule has 5 heteroatoms. The van der Waals surface area contributed by atoms with Crippen LogP contribution in [-0.2, 0) is 12.0 Å². The topological polar surface area (TPSA) is 39.7 Å². The van der Waals surface area contributed by atoms with Crippen molar-refractivity contribution >= 4 is 11.7 Å². The first-order chi connectivity index (χ1) is 13.3. The van der Waals surface area contributed by atoms with Crippen LogP contribution < -0.4 is 4.90 Å². The standard InChI is InChI=1S/C22H26N4O/c27-21(24-12-4-5-13-24)25-14-10-22(16-25)17-26(15-18-7-2-1-3-8-18)19-9-6-11-23-20(19)22/h1-3,6-9,11H,4-5,10,12-17H2. The summed E-state index contributed by atoms with van der Waals surface area (Å²) in [6.07, 6.45) is 5.18. The van der Waals surface area contributed by atoms with Crippen LogP contribution in [0.15, 0.2) is 48.7 Å². The molecule has 140 valence electrons. The van der Waals surface area contributed by atoms with Gasteiger partial charge in [0.25, 0.3) is 0 Å². The molecule has 1 unspecified atom stereocenters. The number of rotatable bonds is 2. The highest BCUT2D eigenvalue weighted by Crippen LogP contribution is 2.45. The molecule has 0 saturated carbocycles. The average molecular weight is 362 g/mol. The normalized spacial score (nSPS) is 24.1. The maximum absolute atomic E-state index is 12.9. The van der Waals surface area contributed by atoms with Crippen LogP contribution in [0, 0.1) is 0 Å². The maximum Gasteiger partial charge on any atom is 0.320 e. The Morgan fingerprint density at radius 1 is 0.963 bits per heavy atom. The molecule has 0 aliphatic carbocycles. The fourth-order valence-electron chi connectivity index (χ4n) is 5.00. The van der Waals surface area contributed by atoms with Crippen LogP contribution in [0.5, 0.6) is 0 Å². The molecule has 5 nitrogen and oxygen atoms in total. The second kappa shape index (κ2) is 6.55. The predicted octanol–water partition coefficient (Wildman–Crippen LogP) is 3.26. The molecule has 2 fully saturated rings. The second-order valence-electron chi connectivity index (χ2n) is 8.14. The molecule has 2 amide bonds. The van der Waals surface area contributed by atoms with Crippen molar-refractivity contribution in [1.82, 2.24) is 14.8 Å². The molecular weight excluding hydrogens is 336 g/mol. The van der Waals surface area contributed by atoms with Crippen molar-refractivity contribution in [3.05, 3.63) is 59.9 Å². The molecule has 5 rings (SSSR count). The van der Waals surface area contributed by atoms with Gasteiger partial charge in [-0.25, -0.2) is 4.79 Å². The number of aromatic nitrogens is 1. The number of carbonyl (C=O) groups excluding carboxylic acids is 1. The fraction of sp³-hybridized carbons (Fsp3) is 0.455. The summed E-state index contributed by atoms with van der Waals surface area (Å²) in [6, 6.07) is 15.0. The van der Waals surface area contributed by atoms with Crippen molar-refractivity contribution in [2.75, 3.05) is 37.6 Å². The molecule has 1 aromatic carbocycles. The van der Waals surface area contributed by atoms with E-state index in [2.05, 4.69) is 46.2 Å². The predicted molar refractivity (Wildman–Crippen MR) is 106 cm³/mol. The molecule has 1 spiro atoms. The SMILES string of the molecule is O=C(N1CCCC1)N1CCC2(C1)CN(Cc1ccccc1)c1cccnc12. The van der Waals surface area contributed by atoms with E-state index in [1.165, 1.54) is 16.9 Å². The number of pyridine rings is 1. The van der Waals surface area contributed by atoms with E-state index in [4.69, 9.17) is 4.98 Å². The fourth-order valence-corrected chi connectivity index (χ4v) is 5.00. The zero-order valence-electron chi connectivity index (χ0n) is 15.7. The lowest BCUT2D eigenvalue weighted by Crippen LogP contribution is -2.43. The number of fused-ring (bicyclic) bond motifs is 2. The van der Waals surface area contributed by atoms with Crippen LogP contribution >= 0.6 is 0 Å². The van der Waals surface area contributed by atoms with Crippen molar-refractivity contribution in [3.63, 3.8) is 0 Å². The van der Waals surface area contributed by atoms with Gasteiger partial charge >= 0.3 is 6.03 Å². The lowest BCUT2D eigenvalue weighted by atomic mass is 9.85.